The summed E-state index contributed by atoms with van der Waals surface area (Å²) in [6.07, 6.45) is 14.1. The summed E-state index contributed by atoms with van der Waals surface area (Å²) in [5, 5.41) is 0. The third kappa shape index (κ3) is 7.37. The minimum atomic E-state index is 0.592. The molecule has 0 saturated heterocycles. The molecule has 0 N–H and O–H groups in total. The molecule has 1 unspecified atom stereocenters. The van der Waals surface area contributed by atoms with Crippen LogP contribution >= 0.6 is 0 Å². The van der Waals surface area contributed by atoms with Crippen LogP contribution in [0, 0.1) is 17.3 Å². The molecule has 0 radical (unpaired) electrons. The first-order valence-corrected chi connectivity index (χ1v) is 9.01. The molecule has 0 heteroatoms. The van der Waals surface area contributed by atoms with Crippen LogP contribution in [-0.4, -0.2) is 0 Å². The van der Waals surface area contributed by atoms with Crippen LogP contribution in [0.4, 0.5) is 0 Å². The monoisotopic (exact) mass is 268 g/mol. The van der Waals surface area contributed by atoms with Crippen molar-refractivity contribution < 1.29 is 0 Å². The van der Waals surface area contributed by atoms with Crippen LogP contribution in [0.25, 0.3) is 0 Å². The van der Waals surface area contributed by atoms with E-state index >= 15 is 0 Å². The van der Waals surface area contributed by atoms with Gasteiger partial charge in [0.2, 0.25) is 0 Å². The number of hydrogen-bond donors (Lipinski definition) is 0. The molecule has 0 fully saturated rings. The van der Waals surface area contributed by atoms with Crippen LogP contribution in [0.2, 0.25) is 0 Å². The molecule has 19 heavy (non-hydrogen) atoms. The van der Waals surface area contributed by atoms with Crippen molar-refractivity contribution in [3.8, 4) is 0 Å². The maximum Gasteiger partial charge on any atom is -0.0295 e. The molecule has 0 bridgehead atoms. The molecule has 0 amide bonds. The lowest BCUT2D eigenvalue weighted by atomic mass is 9.64. The largest absolute Gasteiger partial charge is 0.0654 e. The van der Waals surface area contributed by atoms with E-state index < -0.39 is 0 Å². The van der Waals surface area contributed by atoms with Gasteiger partial charge in [-0.15, -0.1) is 0 Å². The van der Waals surface area contributed by atoms with Gasteiger partial charge in [-0.2, -0.15) is 0 Å². The lowest BCUT2D eigenvalue weighted by Crippen LogP contribution is -2.31. The van der Waals surface area contributed by atoms with Gasteiger partial charge in [-0.1, -0.05) is 86.5 Å². The van der Waals surface area contributed by atoms with Crippen molar-refractivity contribution in [2.75, 3.05) is 0 Å². The number of hydrogen-bond acceptors (Lipinski definition) is 0. The summed E-state index contributed by atoms with van der Waals surface area (Å²) in [5.41, 5.74) is 0.592. The smallest absolute Gasteiger partial charge is 0.0295 e. The van der Waals surface area contributed by atoms with Crippen molar-refractivity contribution in [2.24, 2.45) is 17.3 Å². The van der Waals surface area contributed by atoms with E-state index in [1.165, 1.54) is 64.2 Å². The molecular weight excluding hydrogens is 228 g/mol. The van der Waals surface area contributed by atoms with Crippen LogP contribution in [0.1, 0.15) is 106 Å². The minimum absolute atomic E-state index is 0.592. The Hall–Kier alpha value is 0. The van der Waals surface area contributed by atoms with E-state index in [1.807, 2.05) is 0 Å². The molecule has 0 saturated carbocycles. The van der Waals surface area contributed by atoms with Crippen LogP contribution in [0.5, 0.6) is 0 Å². The Bertz CT molecular complexity index is 182. The summed E-state index contributed by atoms with van der Waals surface area (Å²) in [6, 6.07) is 0. The van der Waals surface area contributed by atoms with E-state index in [2.05, 4.69) is 41.5 Å². The Morgan fingerprint density at radius 2 is 1.21 bits per heavy atom. The SMILES string of the molecule is CCCCCC(C)(CCCCC)C(CCC)C(C)C. The van der Waals surface area contributed by atoms with Gasteiger partial charge >= 0.3 is 0 Å². The summed E-state index contributed by atoms with van der Waals surface area (Å²) in [5.74, 6) is 1.76. The van der Waals surface area contributed by atoms with Gasteiger partial charge in [-0.3, -0.25) is 0 Å². The molecule has 0 aliphatic carbocycles. The third-order valence-electron chi connectivity index (χ3n) is 5.00. The van der Waals surface area contributed by atoms with Crippen molar-refractivity contribution >= 4 is 0 Å². The van der Waals surface area contributed by atoms with E-state index in [4.69, 9.17) is 0 Å². The predicted molar refractivity (Wildman–Crippen MR) is 89.6 cm³/mol. The highest BCUT2D eigenvalue weighted by Crippen LogP contribution is 2.44. The van der Waals surface area contributed by atoms with Crippen molar-refractivity contribution in [1.29, 1.82) is 0 Å². The lowest BCUT2D eigenvalue weighted by molar-refractivity contribution is 0.0928. The molecular formula is C19H40. The maximum absolute atomic E-state index is 2.60. The zero-order valence-electron chi connectivity index (χ0n) is 14.7. The molecule has 0 aromatic carbocycles. The zero-order chi connectivity index (χ0) is 14.7. The number of unbranched alkanes of at least 4 members (excludes halogenated alkanes) is 4. The summed E-state index contributed by atoms with van der Waals surface area (Å²) in [7, 11) is 0. The Kier molecular flexibility index (Phi) is 10.7. The average molecular weight is 269 g/mol. The van der Waals surface area contributed by atoms with Gasteiger partial charge in [-0.05, 0) is 36.5 Å². The Morgan fingerprint density at radius 1 is 0.737 bits per heavy atom. The van der Waals surface area contributed by atoms with Crippen LogP contribution < -0.4 is 0 Å². The van der Waals surface area contributed by atoms with Gasteiger partial charge in [-0.25, -0.2) is 0 Å². The van der Waals surface area contributed by atoms with Crippen molar-refractivity contribution in [1.82, 2.24) is 0 Å². The Balaban J connectivity index is 4.66. The Morgan fingerprint density at radius 3 is 1.53 bits per heavy atom. The molecule has 0 spiro atoms. The standard InChI is InChI=1S/C19H40/c1-7-10-12-15-19(6,16-13-11-8-2)18(14-9-3)17(4)5/h17-18H,7-16H2,1-6H3. The summed E-state index contributed by atoms with van der Waals surface area (Å²) in [6.45, 7) is 14.5. The van der Waals surface area contributed by atoms with E-state index in [1.54, 1.807) is 0 Å². The maximum atomic E-state index is 2.60. The van der Waals surface area contributed by atoms with Crippen molar-refractivity contribution in [2.45, 2.75) is 106 Å². The van der Waals surface area contributed by atoms with E-state index in [-0.39, 0.29) is 0 Å². The highest BCUT2D eigenvalue weighted by molar-refractivity contribution is 4.84. The van der Waals surface area contributed by atoms with E-state index in [0.717, 1.165) is 11.8 Å². The minimum Gasteiger partial charge on any atom is -0.0654 e. The highest BCUT2D eigenvalue weighted by Gasteiger charge is 2.34. The highest BCUT2D eigenvalue weighted by atomic mass is 14.4. The number of rotatable bonds is 12. The normalized spacial score (nSPS) is 14.1. The van der Waals surface area contributed by atoms with Gasteiger partial charge in [0.15, 0.2) is 0 Å². The van der Waals surface area contributed by atoms with Crippen molar-refractivity contribution in [3.63, 3.8) is 0 Å². The fourth-order valence-corrected chi connectivity index (χ4v) is 3.85. The van der Waals surface area contributed by atoms with E-state index in [9.17, 15) is 0 Å². The zero-order valence-corrected chi connectivity index (χ0v) is 14.7. The molecule has 0 nitrogen and oxygen atoms in total. The summed E-state index contributed by atoms with van der Waals surface area (Å²) >= 11 is 0. The molecule has 0 aliphatic heterocycles. The molecule has 1 atom stereocenters. The average Bonchev–Trinajstić information content (AvgIpc) is 2.36. The molecule has 0 heterocycles. The van der Waals surface area contributed by atoms with Gasteiger partial charge in [0.25, 0.3) is 0 Å². The molecule has 0 rings (SSSR count). The summed E-state index contributed by atoms with van der Waals surface area (Å²) in [4.78, 5) is 0. The lowest BCUT2D eigenvalue weighted by Gasteiger charge is -2.41. The van der Waals surface area contributed by atoms with Gasteiger partial charge in [0.1, 0.15) is 0 Å². The molecule has 0 aromatic rings. The second kappa shape index (κ2) is 10.7. The molecule has 0 aliphatic rings. The van der Waals surface area contributed by atoms with Gasteiger partial charge < -0.3 is 0 Å². The van der Waals surface area contributed by atoms with Crippen molar-refractivity contribution in [3.05, 3.63) is 0 Å². The van der Waals surface area contributed by atoms with E-state index in [0.29, 0.717) is 5.41 Å². The first kappa shape index (κ1) is 19.0. The quantitative estimate of drug-likeness (QED) is 0.328. The molecule has 0 aromatic heterocycles. The van der Waals surface area contributed by atoms with Crippen LogP contribution in [-0.2, 0) is 0 Å². The first-order chi connectivity index (χ1) is 9.01. The third-order valence-corrected chi connectivity index (χ3v) is 5.00. The fraction of sp³-hybridized carbons (Fsp3) is 1.00. The first-order valence-electron chi connectivity index (χ1n) is 9.01. The predicted octanol–water partition coefficient (Wildman–Crippen LogP) is 7.23. The second-order valence-corrected chi connectivity index (χ2v) is 7.21. The van der Waals surface area contributed by atoms with Gasteiger partial charge in [0, 0.05) is 0 Å². The van der Waals surface area contributed by atoms with Crippen LogP contribution in [0.3, 0.4) is 0 Å². The Labute approximate surface area is 123 Å². The fourth-order valence-electron chi connectivity index (χ4n) is 3.85. The van der Waals surface area contributed by atoms with Crippen LogP contribution in [0.15, 0.2) is 0 Å². The summed E-state index contributed by atoms with van der Waals surface area (Å²) < 4.78 is 0. The second-order valence-electron chi connectivity index (χ2n) is 7.21. The topological polar surface area (TPSA) is 0 Å². The molecule has 116 valence electrons. The van der Waals surface area contributed by atoms with Gasteiger partial charge in [0.05, 0.1) is 0 Å².